The predicted octanol–water partition coefficient (Wildman–Crippen LogP) is 3.95. The molecule has 1 aromatic rings. The first-order valence-electron chi connectivity index (χ1n) is 5.19. The van der Waals surface area contributed by atoms with Gasteiger partial charge in [-0.1, -0.05) is 11.6 Å². The number of likely N-dealkylation sites (tertiary alicyclic amines) is 1. The molecule has 3 heteroatoms. The minimum atomic E-state index is 0.618. The van der Waals surface area contributed by atoms with Crippen LogP contribution in [-0.2, 0) is 0 Å². The van der Waals surface area contributed by atoms with Crippen LogP contribution in [0.1, 0.15) is 37.6 Å². The third-order valence-electron chi connectivity index (χ3n) is 2.88. The summed E-state index contributed by atoms with van der Waals surface area (Å²) in [6.45, 7) is 5.78. The van der Waals surface area contributed by atoms with Crippen LogP contribution in [0.2, 0.25) is 4.34 Å². The van der Waals surface area contributed by atoms with Gasteiger partial charge in [-0.15, -0.1) is 11.3 Å². The monoisotopic (exact) mass is 229 g/mol. The highest BCUT2D eigenvalue weighted by Gasteiger charge is 2.28. The average molecular weight is 230 g/mol. The van der Waals surface area contributed by atoms with Gasteiger partial charge in [0.05, 0.1) is 4.34 Å². The Morgan fingerprint density at radius 1 is 1.50 bits per heavy atom. The zero-order valence-electron chi connectivity index (χ0n) is 8.66. The van der Waals surface area contributed by atoms with Crippen molar-refractivity contribution in [2.45, 2.75) is 38.8 Å². The molecule has 0 radical (unpaired) electrons. The van der Waals surface area contributed by atoms with Crippen LogP contribution >= 0.6 is 22.9 Å². The molecule has 0 spiro atoms. The van der Waals surface area contributed by atoms with Gasteiger partial charge in [0, 0.05) is 17.0 Å². The van der Waals surface area contributed by atoms with Gasteiger partial charge in [0.25, 0.3) is 0 Å². The molecule has 0 aromatic carbocycles. The highest BCUT2D eigenvalue weighted by atomic mass is 35.5. The molecule has 1 aliphatic heterocycles. The van der Waals surface area contributed by atoms with Crippen LogP contribution in [0.5, 0.6) is 0 Å². The van der Waals surface area contributed by atoms with E-state index >= 15 is 0 Å². The van der Waals surface area contributed by atoms with Crippen molar-refractivity contribution in [2.75, 3.05) is 6.54 Å². The maximum Gasteiger partial charge on any atom is 0.0931 e. The van der Waals surface area contributed by atoms with Crippen LogP contribution in [-0.4, -0.2) is 17.5 Å². The van der Waals surface area contributed by atoms with Crippen LogP contribution < -0.4 is 0 Å². The normalized spacial score (nSPS) is 23.6. The minimum Gasteiger partial charge on any atom is -0.293 e. The Kier molecular flexibility index (Phi) is 3.15. The van der Waals surface area contributed by atoms with E-state index in [0.29, 0.717) is 12.1 Å². The topological polar surface area (TPSA) is 3.24 Å². The summed E-state index contributed by atoms with van der Waals surface area (Å²) in [5, 5.41) is 0. The van der Waals surface area contributed by atoms with E-state index in [1.165, 1.54) is 24.3 Å². The molecule has 2 heterocycles. The summed E-state index contributed by atoms with van der Waals surface area (Å²) in [5.41, 5.74) is 0. The molecule has 2 rings (SSSR count). The van der Waals surface area contributed by atoms with E-state index in [0.717, 1.165) is 4.34 Å². The Morgan fingerprint density at radius 3 is 2.86 bits per heavy atom. The SMILES string of the molecule is CC(C)N1CCCC1c1ccc(Cl)s1. The standard InChI is InChI=1S/C11H16ClNS/c1-8(2)13-7-3-4-9(13)10-5-6-11(12)14-10/h5-6,8-9H,3-4,7H2,1-2H3. The maximum absolute atomic E-state index is 5.97. The van der Waals surface area contributed by atoms with Crippen LogP contribution in [0.25, 0.3) is 0 Å². The molecule has 1 aliphatic rings. The van der Waals surface area contributed by atoms with Crippen molar-refractivity contribution < 1.29 is 0 Å². The van der Waals surface area contributed by atoms with Gasteiger partial charge in [-0.2, -0.15) is 0 Å². The van der Waals surface area contributed by atoms with Gasteiger partial charge in [-0.05, 0) is 45.4 Å². The second-order valence-electron chi connectivity index (χ2n) is 4.13. The summed E-state index contributed by atoms with van der Waals surface area (Å²) >= 11 is 7.70. The largest absolute Gasteiger partial charge is 0.293 e. The van der Waals surface area contributed by atoms with Crippen molar-refractivity contribution in [1.82, 2.24) is 4.90 Å². The molecule has 1 fully saturated rings. The molecule has 1 saturated heterocycles. The Hall–Kier alpha value is -0.0500. The van der Waals surface area contributed by atoms with E-state index in [-0.39, 0.29) is 0 Å². The number of hydrogen-bond acceptors (Lipinski definition) is 2. The molecule has 14 heavy (non-hydrogen) atoms. The molecule has 0 N–H and O–H groups in total. The quantitative estimate of drug-likeness (QED) is 0.743. The van der Waals surface area contributed by atoms with E-state index < -0.39 is 0 Å². The highest BCUT2D eigenvalue weighted by molar-refractivity contribution is 7.16. The molecule has 1 aromatic heterocycles. The minimum absolute atomic E-state index is 0.618. The number of halogens is 1. The van der Waals surface area contributed by atoms with Gasteiger partial charge in [0.15, 0.2) is 0 Å². The Bertz CT molecular complexity index is 308. The number of hydrogen-bond donors (Lipinski definition) is 0. The Labute approximate surface area is 94.7 Å². The molecule has 1 nitrogen and oxygen atoms in total. The Balaban J connectivity index is 2.17. The smallest absolute Gasteiger partial charge is 0.0931 e. The first kappa shape index (κ1) is 10.5. The summed E-state index contributed by atoms with van der Waals surface area (Å²) in [6.07, 6.45) is 2.60. The highest BCUT2D eigenvalue weighted by Crippen LogP contribution is 2.38. The third kappa shape index (κ3) is 1.97. The van der Waals surface area contributed by atoms with Crippen molar-refractivity contribution >= 4 is 22.9 Å². The maximum atomic E-state index is 5.97. The van der Waals surface area contributed by atoms with Crippen LogP contribution in [0.15, 0.2) is 12.1 Å². The summed E-state index contributed by atoms with van der Waals surface area (Å²) in [6, 6.07) is 5.45. The van der Waals surface area contributed by atoms with Gasteiger partial charge in [-0.25, -0.2) is 0 Å². The van der Waals surface area contributed by atoms with Crippen LogP contribution in [0.4, 0.5) is 0 Å². The fraction of sp³-hybridized carbons (Fsp3) is 0.636. The zero-order chi connectivity index (χ0) is 10.1. The molecule has 1 unspecified atom stereocenters. The van der Waals surface area contributed by atoms with Crippen LogP contribution in [0.3, 0.4) is 0 Å². The molecule has 0 bridgehead atoms. The van der Waals surface area contributed by atoms with Crippen molar-refractivity contribution in [2.24, 2.45) is 0 Å². The first-order valence-corrected chi connectivity index (χ1v) is 6.39. The fourth-order valence-corrected chi connectivity index (χ4v) is 3.44. The summed E-state index contributed by atoms with van der Waals surface area (Å²) in [7, 11) is 0. The van der Waals surface area contributed by atoms with Gasteiger partial charge in [-0.3, -0.25) is 4.90 Å². The predicted molar refractivity (Wildman–Crippen MR) is 63.1 cm³/mol. The van der Waals surface area contributed by atoms with Crippen molar-refractivity contribution in [3.05, 3.63) is 21.3 Å². The number of nitrogens with zero attached hydrogens (tertiary/aromatic N) is 1. The summed E-state index contributed by atoms with van der Waals surface area (Å²) in [4.78, 5) is 4.00. The van der Waals surface area contributed by atoms with Gasteiger partial charge in [0.2, 0.25) is 0 Å². The molecule has 1 atom stereocenters. The lowest BCUT2D eigenvalue weighted by Crippen LogP contribution is -2.29. The van der Waals surface area contributed by atoms with E-state index in [1.807, 2.05) is 6.07 Å². The molecular weight excluding hydrogens is 214 g/mol. The zero-order valence-corrected chi connectivity index (χ0v) is 10.2. The third-order valence-corrected chi connectivity index (χ3v) is 4.21. The van der Waals surface area contributed by atoms with Crippen molar-refractivity contribution in [3.63, 3.8) is 0 Å². The lowest BCUT2D eigenvalue weighted by molar-refractivity contribution is 0.208. The number of rotatable bonds is 2. The molecule has 0 aliphatic carbocycles. The molecule has 0 amide bonds. The lowest BCUT2D eigenvalue weighted by Gasteiger charge is -2.27. The molecule has 0 saturated carbocycles. The van der Waals surface area contributed by atoms with E-state index in [4.69, 9.17) is 11.6 Å². The Morgan fingerprint density at radius 2 is 2.29 bits per heavy atom. The second-order valence-corrected chi connectivity index (χ2v) is 5.88. The van der Waals surface area contributed by atoms with Gasteiger partial charge >= 0.3 is 0 Å². The second kappa shape index (κ2) is 4.21. The fourth-order valence-electron chi connectivity index (χ4n) is 2.22. The molecule has 78 valence electrons. The van der Waals surface area contributed by atoms with E-state index in [2.05, 4.69) is 24.8 Å². The lowest BCUT2D eigenvalue weighted by atomic mass is 10.1. The van der Waals surface area contributed by atoms with Gasteiger partial charge < -0.3 is 0 Å². The van der Waals surface area contributed by atoms with Crippen molar-refractivity contribution in [3.8, 4) is 0 Å². The van der Waals surface area contributed by atoms with E-state index in [9.17, 15) is 0 Å². The summed E-state index contributed by atoms with van der Waals surface area (Å²) < 4.78 is 0.913. The van der Waals surface area contributed by atoms with Crippen LogP contribution in [0, 0.1) is 0 Å². The molecular formula is C11H16ClNS. The average Bonchev–Trinajstić information content (AvgIpc) is 2.70. The first-order chi connectivity index (χ1) is 6.68. The van der Waals surface area contributed by atoms with E-state index in [1.54, 1.807) is 11.3 Å². The number of thiophene rings is 1. The van der Waals surface area contributed by atoms with Gasteiger partial charge in [0.1, 0.15) is 0 Å². The van der Waals surface area contributed by atoms with Crippen molar-refractivity contribution in [1.29, 1.82) is 0 Å². The summed E-state index contributed by atoms with van der Waals surface area (Å²) in [5.74, 6) is 0.